The molecule has 1 aromatic rings. The first kappa shape index (κ1) is 16.3. The van der Waals surface area contributed by atoms with Gasteiger partial charge >= 0.3 is 6.09 Å². The summed E-state index contributed by atoms with van der Waals surface area (Å²) in [4.78, 5) is 26.7. The number of carbonyl (C=O) groups excluding carboxylic acids is 2. The monoisotopic (exact) mass is 321 g/mol. The van der Waals surface area contributed by atoms with E-state index < -0.39 is 17.7 Å². The summed E-state index contributed by atoms with van der Waals surface area (Å²) < 4.78 is 5.16. The maximum Gasteiger partial charge on any atom is 0.408 e. The third kappa shape index (κ3) is 4.21. The fourth-order valence-electron chi connectivity index (χ4n) is 2.19. The molecule has 118 valence electrons. The SMILES string of the molecule is CC(C)(C)OC(=O)NC1CCN(Cc2cc(C#N)cs2)C1=O. The number of nitriles is 1. The van der Waals surface area contributed by atoms with Crippen LogP contribution in [0.15, 0.2) is 11.4 Å². The number of hydrogen-bond acceptors (Lipinski definition) is 5. The lowest BCUT2D eigenvalue weighted by Crippen LogP contribution is -2.43. The van der Waals surface area contributed by atoms with Gasteiger partial charge in [-0.15, -0.1) is 11.3 Å². The summed E-state index contributed by atoms with van der Waals surface area (Å²) in [5, 5.41) is 13.2. The number of likely N-dealkylation sites (tertiary alicyclic amines) is 1. The van der Waals surface area contributed by atoms with E-state index in [0.717, 1.165) is 4.88 Å². The number of nitrogens with zero attached hydrogens (tertiary/aromatic N) is 2. The number of rotatable bonds is 3. The molecule has 0 spiro atoms. The van der Waals surface area contributed by atoms with Gasteiger partial charge in [0.2, 0.25) is 5.91 Å². The first-order valence-corrected chi connectivity index (χ1v) is 7.92. The summed E-state index contributed by atoms with van der Waals surface area (Å²) in [6.45, 7) is 6.38. The molecule has 1 saturated heterocycles. The van der Waals surface area contributed by atoms with Crippen molar-refractivity contribution in [1.82, 2.24) is 10.2 Å². The first-order chi connectivity index (χ1) is 10.3. The van der Waals surface area contributed by atoms with Crippen molar-refractivity contribution < 1.29 is 14.3 Å². The number of hydrogen-bond donors (Lipinski definition) is 1. The van der Waals surface area contributed by atoms with Crippen molar-refractivity contribution in [2.45, 2.75) is 45.4 Å². The quantitative estimate of drug-likeness (QED) is 0.925. The van der Waals surface area contributed by atoms with Crippen LogP contribution in [0.4, 0.5) is 4.79 Å². The van der Waals surface area contributed by atoms with Gasteiger partial charge in [-0.05, 0) is 33.3 Å². The molecular formula is C15H19N3O3S. The largest absolute Gasteiger partial charge is 0.444 e. The third-order valence-electron chi connectivity index (χ3n) is 3.12. The van der Waals surface area contributed by atoms with Gasteiger partial charge in [-0.25, -0.2) is 4.79 Å². The highest BCUT2D eigenvalue weighted by atomic mass is 32.1. The van der Waals surface area contributed by atoms with Crippen LogP contribution >= 0.6 is 11.3 Å². The molecule has 1 fully saturated rings. The van der Waals surface area contributed by atoms with Gasteiger partial charge in [0.25, 0.3) is 0 Å². The Morgan fingerprint density at radius 1 is 1.59 bits per heavy atom. The zero-order valence-corrected chi connectivity index (χ0v) is 13.7. The minimum atomic E-state index is -0.587. The molecule has 0 saturated carbocycles. The molecule has 1 unspecified atom stereocenters. The summed E-state index contributed by atoms with van der Waals surface area (Å²) in [6, 6.07) is 3.32. The Hall–Kier alpha value is -2.07. The van der Waals surface area contributed by atoms with Crippen molar-refractivity contribution in [3.63, 3.8) is 0 Å². The molecule has 2 amide bonds. The molecule has 1 aliphatic rings. The molecule has 0 aliphatic carbocycles. The van der Waals surface area contributed by atoms with Crippen LogP contribution in [0.3, 0.4) is 0 Å². The molecular weight excluding hydrogens is 302 g/mol. The number of alkyl carbamates (subject to hydrolysis) is 1. The minimum absolute atomic E-state index is 0.113. The van der Waals surface area contributed by atoms with Gasteiger partial charge in [-0.3, -0.25) is 4.79 Å². The van der Waals surface area contributed by atoms with Crippen molar-refractivity contribution in [2.24, 2.45) is 0 Å². The highest BCUT2D eigenvalue weighted by Gasteiger charge is 2.33. The summed E-state index contributed by atoms with van der Waals surface area (Å²) in [7, 11) is 0. The number of ether oxygens (including phenoxy) is 1. The van der Waals surface area contributed by atoms with Crippen LogP contribution in [0.25, 0.3) is 0 Å². The topological polar surface area (TPSA) is 82.4 Å². The van der Waals surface area contributed by atoms with Crippen LogP contribution in [0.1, 0.15) is 37.6 Å². The maximum absolute atomic E-state index is 12.3. The zero-order valence-electron chi connectivity index (χ0n) is 12.9. The number of nitrogens with one attached hydrogen (secondary N) is 1. The van der Waals surface area contributed by atoms with Crippen molar-refractivity contribution in [1.29, 1.82) is 5.26 Å². The van der Waals surface area contributed by atoms with Gasteiger partial charge in [-0.1, -0.05) is 0 Å². The molecule has 0 radical (unpaired) electrons. The third-order valence-corrected chi connectivity index (χ3v) is 4.04. The van der Waals surface area contributed by atoms with Crippen LogP contribution in [-0.2, 0) is 16.1 Å². The predicted octanol–water partition coefficient (Wildman–Crippen LogP) is 2.25. The first-order valence-electron chi connectivity index (χ1n) is 7.04. The summed E-state index contributed by atoms with van der Waals surface area (Å²) in [6.07, 6.45) is -0.00948. The molecule has 6 nitrogen and oxygen atoms in total. The number of thiophene rings is 1. The molecule has 1 atom stereocenters. The van der Waals surface area contributed by atoms with Gasteiger partial charge in [0.15, 0.2) is 0 Å². The molecule has 2 heterocycles. The van der Waals surface area contributed by atoms with E-state index in [2.05, 4.69) is 11.4 Å². The van der Waals surface area contributed by atoms with Gasteiger partial charge in [0.05, 0.1) is 12.1 Å². The Bertz CT molecular complexity index is 612. The van der Waals surface area contributed by atoms with E-state index in [0.29, 0.717) is 25.1 Å². The van der Waals surface area contributed by atoms with Crippen molar-refractivity contribution in [3.8, 4) is 6.07 Å². The lowest BCUT2D eigenvalue weighted by Gasteiger charge is -2.21. The predicted molar refractivity (Wildman–Crippen MR) is 82.2 cm³/mol. The molecule has 1 aromatic heterocycles. The van der Waals surface area contributed by atoms with Crippen LogP contribution in [0.2, 0.25) is 0 Å². The summed E-state index contributed by atoms with van der Waals surface area (Å²) >= 11 is 1.46. The van der Waals surface area contributed by atoms with Crippen LogP contribution < -0.4 is 5.32 Å². The average molecular weight is 321 g/mol. The Kier molecular flexibility index (Phi) is 4.71. The second kappa shape index (κ2) is 6.36. The smallest absolute Gasteiger partial charge is 0.408 e. The Morgan fingerprint density at radius 2 is 2.32 bits per heavy atom. The van der Waals surface area contributed by atoms with E-state index in [-0.39, 0.29) is 5.91 Å². The van der Waals surface area contributed by atoms with E-state index in [1.54, 1.807) is 37.1 Å². The Balaban J connectivity index is 1.89. The fourth-order valence-corrected chi connectivity index (χ4v) is 3.01. The molecule has 1 aliphatic heterocycles. The van der Waals surface area contributed by atoms with E-state index in [9.17, 15) is 9.59 Å². The summed E-state index contributed by atoms with van der Waals surface area (Å²) in [5.41, 5.74) is 0.0193. The Morgan fingerprint density at radius 3 is 2.91 bits per heavy atom. The normalized spacial score (nSPS) is 18.2. The highest BCUT2D eigenvalue weighted by Crippen LogP contribution is 2.20. The van der Waals surface area contributed by atoms with Gasteiger partial charge in [0, 0.05) is 16.8 Å². The molecule has 7 heteroatoms. The molecule has 2 rings (SSSR count). The van der Waals surface area contributed by atoms with Gasteiger partial charge < -0.3 is 15.0 Å². The minimum Gasteiger partial charge on any atom is -0.444 e. The van der Waals surface area contributed by atoms with Gasteiger partial charge in [-0.2, -0.15) is 5.26 Å². The number of amides is 2. The van der Waals surface area contributed by atoms with Crippen molar-refractivity contribution in [3.05, 3.63) is 21.9 Å². The standard InChI is InChI=1S/C15H19N3O3S/c1-15(2,3)21-14(20)17-12-4-5-18(13(12)19)8-11-6-10(7-16)9-22-11/h6,9,12H,4-5,8H2,1-3H3,(H,17,20). The lowest BCUT2D eigenvalue weighted by atomic mass is 10.2. The molecule has 0 bridgehead atoms. The van der Waals surface area contributed by atoms with Crippen LogP contribution in [0.5, 0.6) is 0 Å². The van der Waals surface area contributed by atoms with E-state index in [4.69, 9.17) is 10.00 Å². The van der Waals surface area contributed by atoms with Crippen molar-refractivity contribution >= 4 is 23.3 Å². The highest BCUT2D eigenvalue weighted by molar-refractivity contribution is 7.10. The maximum atomic E-state index is 12.3. The molecule has 0 aromatic carbocycles. The molecule has 1 N–H and O–H groups in total. The van der Waals surface area contributed by atoms with E-state index in [1.807, 2.05) is 0 Å². The summed E-state index contributed by atoms with van der Waals surface area (Å²) in [5.74, 6) is -0.113. The zero-order chi connectivity index (χ0) is 16.3. The second-order valence-corrected chi connectivity index (χ2v) is 7.16. The van der Waals surface area contributed by atoms with Crippen molar-refractivity contribution in [2.75, 3.05) is 6.54 Å². The Labute approximate surface area is 133 Å². The van der Waals surface area contributed by atoms with Crippen LogP contribution in [0, 0.1) is 11.3 Å². The van der Waals surface area contributed by atoms with E-state index >= 15 is 0 Å². The second-order valence-electron chi connectivity index (χ2n) is 6.16. The fraction of sp³-hybridized carbons (Fsp3) is 0.533. The average Bonchev–Trinajstić information content (AvgIpc) is 2.98. The lowest BCUT2D eigenvalue weighted by molar-refractivity contribution is -0.129. The van der Waals surface area contributed by atoms with E-state index in [1.165, 1.54) is 11.3 Å². The van der Waals surface area contributed by atoms with Gasteiger partial charge in [0.1, 0.15) is 17.7 Å². The van der Waals surface area contributed by atoms with Crippen LogP contribution in [-0.4, -0.2) is 35.1 Å². The molecule has 22 heavy (non-hydrogen) atoms. The number of carbonyl (C=O) groups is 2.